The predicted octanol–water partition coefficient (Wildman–Crippen LogP) is 4.56. The minimum atomic E-state index is -0.288. The van der Waals surface area contributed by atoms with E-state index in [1.165, 1.54) is 17.7 Å². The molecule has 0 heterocycles. The predicted molar refractivity (Wildman–Crippen MR) is 82.2 cm³/mol. The van der Waals surface area contributed by atoms with Crippen molar-refractivity contribution in [3.8, 4) is 0 Å². The van der Waals surface area contributed by atoms with Gasteiger partial charge in [-0.05, 0) is 40.7 Å². The molecule has 0 spiro atoms. The molecule has 2 rings (SSSR count). The van der Waals surface area contributed by atoms with Crippen molar-refractivity contribution in [2.24, 2.45) is 5.73 Å². The molecule has 0 amide bonds. The number of hydrogen-bond acceptors (Lipinski definition) is 1. The van der Waals surface area contributed by atoms with Gasteiger partial charge in [0.15, 0.2) is 0 Å². The summed E-state index contributed by atoms with van der Waals surface area (Å²) in [6, 6.07) is 14.5. The molecule has 1 unspecified atom stereocenters. The molecular weight excluding hydrogens is 249 g/mol. The summed E-state index contributed by atoms with van der Waals surface area (Å²) in [6.07, 6.45) is 1.09. The van der Waals surface area contributed by atoms with Gasteiger partial charge in [-0.25, -0.2) is 4.39 Å². The fraction of sp³-hybridized carbons (Fsp3) is 0.333. The molecule has 0 saturated carbocycles. The lowest BCUT2D eigenvalue weighted by molar-refractivity contribution is 0.506. The molecule has 0 saturated heterocycles. The smallest absolute Gasteiger partial charge is 0.123 e. The van der Waals surface area contributed by atoms with Crippen molar-refractivity contribution in [3.05, 3.63) is 71.0 Å². The van der Waals surface area contributed by atoms with Crippen molar-refractivity contribution >= 4 is 0 Å². The molecular formula is C18H22FN. The van der Waals surface area contributed by atoms with Crippen LogP contribution < -0.4 is 5.73 Å². The zero-order chi connectivity index (χ0) is 14.8. The van der Waals surface area contributed by atoms with Gasteiger partial charge < -0.3 is 5.73 Å². The number of rotatable bonds is 4. The lowest BCUT2D eigenvalue weighted by Crippen LogP contribution is -2.16. The van der Waals surface area contributed by atoms with Crippen LogP contribution in [-0.2, 0) is 5.41 Å². The maximum Gasteiger partial charge on any atom is 0.123 e. The zero-order valence-corrected chi connectivity index (χ0v) is 12.4. The van der Waals surface area contributed by atoms with Crippen LogP contribution in [0.25, 0.3) is 0 Å². The van der Waals surface area contributed by atoms with E-state index >= 15 is 0 Å². The Balaban J connectivity index is 2.26. The van der Waals surface area contributed by atoms with Gasteiger partial charge >= 0.3 is 0 Å². The molecule has 0 aliphatic heterocycles. The monoisotopic (exact) mass is 271 g/mol. The molecule has 0 aliphatic carbocycles. The molecule has 20 heavy (non-hydrogen) atoms. The minimum absolute atomic E-state index is 0.168. The van der Waals surface area contributed by atoms with Gasteiger partial charge in [-0.3, -0.25) is 0 Å². The molecule has 2 aromatic carbocycles. The maximum atomic E-state index is 13.3. The average Bonchev–Trinajstić information content (AvgIpc) is 2.46. The molecule has 2 aromatic rings. The zero-order valence-electron chi connectivity index (χ0n) is 12.4. The minimum Gasteiger partial charge on any atom is -0.320 e. The molecule has 1 nitrogen and oxygen atoms in total. The summed E-state index contributed by atoms with van der Waals surface area (Å²) in [5.41, 5.74) is 9.48. The first-order chi connectivity index (χ1) is 9.44. The fourth-order valence-electron chi connectivity index (χ4n) is 2.24. The summed E-state index contributed by atoms with van der Waals surface area (Å²) in [5.74, 6) is -0.248. The van der Waals surface area contributed by atoms with Gasteiger partial charge in [0.05, 0.1) is 6.04 Å². The molecule has 0 aliphatic rings. The SMILES string of the molecule is CCC(C)(C)c1ccc(C(N)c2cccc(F)c2)cc1. The summed E-state index contributed by atoms with van der Waals surface area (Å²) in [5, 5.41) is 0. The van der Waals surface area contributed by atoms with E-state index < -0.39 is 0 Å². The van der Waals surface area contributed by atoms with E-state index in [4.69, 9.17) is 5.73 Å². The number of halogens is 1. The van der Waals surface area contributed by atoms with Gasteiger partial charge in [0.25, 0.3) is 0 Å². The molecule has 2 N–H and O–H groups in total. The molecule has 0 radical (unpaired) electrons. The van der Waals surface area contributed by atoms with Gasteiger partial charge in [-0.2, -0.15) is 0 Å². The van der Waals surface area contributed by atoms with Crippen molar-refractivity contribution in [2.75, 3.05) is 0 Å². The van der Waals surface area contributed by atoms with E-state index in [0.717, 1.165) is 17.5 Å². The summed E-state index contributed by atoms with van der Waals surface area (Å²) in [7, 11) is 0. The Hall–Kier alpha value is -1.67. The normalized spacial score (nSPS) is 13.2. The third kappa shape index (κ3) is 3.07. The third-order valence-corrected chi connectivity index (χ3v) is 4.14. The van der Waals surface area contributed by atoms with Crippen molar-refractivity contribution in [3.63, 3.8) is 0 Å². The number of nitrogens with two attached hydrogens (primary N) is 1. The lowest BCUT2D eigenvalue weighted by atomic mass is 9.81. The van der Waals surface area contributed by atoms with E-state index in [9.17, 15) is 4.39 Å². The van der Waals surface area contributed by atoms with E-state index in [0.29, 0.717) is 0 Å². The van der Waals surface area contributed by atoms with Crippen LogP contribution in [0.1, 0.15) is 49.9 Å². The van der Waals surface area contributed by atoms with Gasteiger partial charge in [-0.15, -0.1) is 0 Å². The van der Waals surface area contributed by atoms with Crippen LogP contribution >= 0.6 is 0 Å². The van der Waals surface area contributed by atoms with Gasteiger partial charge in [0.2, 0.25) is 0 Å². The highest BCUT2D eigenvalue weighted by Crippen LogP contribution is 2.28. The Bertz CT molecular complexity index is 572. The Morgan fingerprint density at radius 3 is 2.25 bits per heavy atom. The largest absolute Gasteiger partial charge is 0.320 e. The third-order valence-electron chi connectivity index (χ3n) is 4.14. The Kier molecular flexibility index (Phi) is 4.24. The molecule has 0 bridgehead atoms. The molecule has 2 heteroatoms. The molecule has 0 aromatic heterocycles. The quantitative estimate of drug-likeness (QED) is 0.866. The Morgan fingerprint density at radius 2 is 1.70 bits per heavy atom. The fourth-order valence-corrected chi connectivity index (χ4v) is 2.24. The van der Waals surface area contributed by atoms with Crippen molar-refractivity contribution < 1.29 is 4.39 Å². The second-order valence-electron chi connectivity index (χ2n) is 5.89. The maximum absolute atomic E-state index is 13.3. The summed E-state index contributed by atoms with van der Waals surface area (Å²) in [6.45, 7) is 6.65. The molecule has 1 atom stereocenters. The highest BCUT2D eigenvalue weighted by atomic mass is 19.1. The molecule has 0 fully saturated rings. The second kappa shape index (κ2) is 5.76. The summed E-state index contributed by atoms with van der Waals surface area (Å²) in [4.78, 5) is 0. The number of benzene rings is 2. The van der Waals surface area contributed by atoms with Crippen LogP contribution in [0.4, 0.5) is 4.39 Å². The van der Waals surface area contributed by atoms with Crippen LogP contribution in [0, 0.1) is 5.82 Å². The average molecular weight is 271 g/mol. The van der Waals surface area contributed by atoms with Crippen molar-refractivity contribution in [1.29, 1.82) is 0 Å². The number of hydrogen-bond donors (Lipinski definition) is 1. The van der Waals surface area contributed by atoms with Gasteiger partial charge in [-0.1, -0.05) is 57.2 Å². The van der Waals surface area contributed by atoms with Crippen LogP contribution in [0.2, 0.25) is 0 Å². The van der Waals surface area contributed by atoms with Gasteiger partial charge in [0, 0.05) is 0 Å². The Morgan fingerprint density at radius 1 is 1.05 bits per heavy atom. The summed E-state index contributed by atoms with van der Waals surface area (Å²) >= 11 is 0. The van der Waals surface area contributed by atoms with E-state index in [1.807, 2.05) is 18.2 Å². The van der Waals surface area contributed by atoms with Crippen molar-refractivity contribution in [1.82, 2.24) is 0 Å². The highest BCUT2D eigenvalue weighted by Gasteiger charge is 2.18. The Labute approximate surface area is 120 Å². The second-order valence-corrected chi connectivity index (χ2v) is 5.89. The molecule has 106 valence electrons. The van der Waals surface area contributed by atoms with E-state index in [1.54, 1.807) is 6.07 Å². The first-order valence-corrected chi connectivity index (χ1v) is 7.05. The van der Waals surface area contributed by atoms with Crippen molar-refractivity contribution in [2.45, 2.75) is 38.6 Å². The van der Waals surface area contributed by atoms with Crippen LogP contribution in [0.3, 0.4) is 0 Å². The standard InChI is InChI=1S/C18H22FN/c1-4-18(2,3)15-10-8-13(9-11-15)17(20)14-6-5-7-16(19)12-14/h5-12,17H,4,20H2,1-3H3. The first-order valence-electron chi connectivity index (χ1n) is 7.05. The highest BCUT2D eigenvalue weighted by molar-refractivity contribution is 5.35. The van der Waals surface area contributed by atoms with E-state index in [-0.39, 0.29) is 17.3 Å². The van der Waals surface area contributed by atoms with Crippen LogP contribution in [0.15, 0.2) is 48.5 Å². The topological polar surface area (TPSA) is 26.0 Å². The summed E-state index contributed by atoms with van der Waals surface area (Å²) < 4.78 is 13.3. The first kappa shape index (κ1) is 14.7. The van der Waals surface area contributed by atoms with Gasteiger partial charge in [0.1, 0.15) is 5.82 Å². The lowest BCUT2D eigenvalue weighted by Gasteiger charge is -2.24. The van der Waals surface area contributed by atoms with E-state index in [2.05, 4.69) is 32.9 Å². The van der Waals surface area contributed by atoms with Crippen LogP contribution in [-0.4, -0.2) is 0 Å². The van der Waals surface area contributed by atoms with Crippen LogP contribution in [0.5, 0.6) is 0 Å².